The fraction of sp³-hybridized carbons (Fsp3) is 0.357. The van der Waals surface area contributed by atoms with E-state index in [1.807, 2.05) is 6.92 Å². The number of hydrogen-bond donors (Lipinski definition) is 1. The summed E-state index contributed by atoms with van der Waals surface area (Å²) in [6.07, 6.45) is 4.33. The van der Waals surface area contributed by atoms with Crippen LogP contribution in [0.1, 0.15) is 54.1 Å². The third-order valence-electron chi connectivity index (χ3n) is 5.83. The predicted octanol–water partition coefficient (Wildman–Crippen LogP) is 6.05. The number of carbonyl (C=O) groups is 1. The van der Waals surface area contributed by atoms with Gasteiger partial charge in [-0.25, -0.2) is 4.79 Å². The van der Waals surface area contributed by atoms with Crippen LogP contribution in [0.4, 0.5) is 5.69 Å². The summed E-state index contributed by atoms with van der Waals surface area (Å²) in [5.41, 5.74) is 1.45. The molecular formula is C28H32N2O6. The third kappa shape index (κ3) is 8.36. The van der Waals surface area contributed by atoms with E-state index in [1.54, 1.807) is 36.4 Å². The SMILES string of the molecule is C=CCc1cccc(O)c1C(=O)O[C@@H](CCC#N)C[C@@H](OCc1ccc([N+](=O)[O-])cc1)[C@@H](C)CC=C. The van der Waals surface area contributed by atoms with Gasteiger partial charge in [0.25, 0.3) is 5.69 Å². The van der Waals surface area contributed by atoms with Gasteiger partial charge in [0.15, 0.2) is 0 Å². The maximum Gasteiger partial charge on any atom is 0.342 e. The highest BCUT2D eigenvalue weighted by Gasteiger charge is 2.27. The first-order valence-corrected chi connectivity index (χ1v) is 11.8. The molecule has 0 heterocycles. The summed E-state index contributed by atoms with van der Waals surface area (Å²) < 4.78 is 12.0. The summed E-state index contributed by atoms with van der Waals surface area (Å²) in [5, 5.41) is 30.3. The molecule has 8 nitrogen and oxygen atoms in total. The van der Waals surface area contributed by atoms with Gasteiger partial charge in [0, 0.05) is 25.0 Å². The van der Waals surface area contributed by atoms with Crippen LogP contribution < -0.4 is 0 Å². The monoisotopic (exact) mass is 492 g/mol. The Hall–Kier alpha value is -3.96. The molecule has 0 aliphatic carbocycles. The maximum absolute atomic E-state index is 13.1. The second-order valence-electron chi connectivity index (χ2n) is 8.54. The second kappa shape index (κ2) is 14.4. The molecule has 0 saturated heterocycles. The van der Waals surface area contributed by atoms with E-state index in [0.29, 0.717) is 31.2 Å². The number of ether oxygens (including phenoxy) is 2. The van der Waals surface area contributed by atoms with Gasteiger partial charge in [0.2, 0.25) is 0 Å². The van der Waals surface area contributed by atoms with Crippen molar-refractivity contribution in [3.8, 4) is 11.8 Å². The minimum atomic E-state index is -0.668. The smallest absolute Gasteiger partial charge is 0.342 e. The van der Waals surface area contributed by atoms with Crippen molar-refractivity contribution < 1.29 is 24.3 Å². The van der Waals surface area contributed by atoms with Crippen molar-refractivity contribution in [1.82, 2.24) is 0 Å². The number of nitro benzene ring substituents is 1. The zero-order chi connectivity index (χ0) is 26.5. The van der Waals surface area contributed by atoms with Crippen LogP contribution in [0.2, 0.25) is 0 Å². The third-order valence-corrected chi connectivity index (χ3v) is 5.83. The number of nitrogens with zero attached hydrogens (tertiary/aromatic N) is 2. The Morgan fingerprint density at radius 2 is 1.94 bits per heavy atom. The Balaban J connectivity index is 2.20. The van der Waals surface area contributed by atoms with Gasteiger partial charge in [0.1, 0.15) is 17.4 Å². The number of hydrogen-bond acceptors (Lipinski definition) is 7. The van der Waals surface area contributed by atoms with E-state index in [0.717, 1.165) is 5.56 Å². The number of rotatable bonds is 15. The minimum Gasteiger partial charge on any atom is -0.507 e. The molecule has 190 valence electrons. The largest absolute Gasteiger partial charge is 0.507 e. The Morgan fingerprint density at radius 1 is 1.22 bits per heavy atom. The first-order chi connectivity index (χ1) is 17.3. The summed E-state index contributed by atoms with van der Waals surface area (Å²) in [7, 11) is 0. The number of phenols is 1. The Labute approximate surface area is 211 Å². The Bertz CT molecular complexity index is 1090. The van der Waals surface area contributed by atoms with E-state index in [4.69, 9.17) is 14.7 Å². The van der Waals surface area contributed by atoms with Crippen LogP contribution in [0.15, 0.2) is 67.8 Å². The Morgan fingerprint density at radius 3 is 2.56 bits per heavy atom. The predicted molar refractivity (Wildman–Crippen MR) is 136 cm³/mol. The van der Waals surface area contributed by atoms with E-state index >= 15 is 0 Å². The van der Waals surface area contributed by atoms with Crippen molar-refractivity contribution in [3.05, 3.63) is 94.6 Å². The molecule has 0 unspecified atom stereocenters. The highest BCUT2D eigenvalue weighted by molar-refractivity contribution is 5.94. The van der Waals surface area contributed by atoms with Crippen LogP contribution in [0.25, 0.3) is 0 Å². The van der Waals surface area contributed by atoms with Crippen LogP contribution >= 0.6 is 0 Å². The molecule has 0 amide bonds. The molecule has 2 aromatic carbocycles. The van der Waals surface area contributed by atoms with Crippen molar-refractivity contribution in [2.45, 2.75) is 57.8 Å². The summed E-state index contributed by atoms with van der Waals surface area (Å²) in [6, 6.07) is 13.0. The lowest BCUT2D eigenvalue weighted by Gasteiger charge is -2.28. The van der Waals surface area contributed by atoms with E-state index in [9.17, 15) is 20.0 Å². The van der Waals surface area contributed by atoms with E-state index in [1.165, 1.54) is 18.2 Å². The number of esters is 1. The van der Waals surface area contributed by atoms with E-state index in [2.05, 4.69) is 19.2 Å². The van der Waals surface area contributed by atoms with Crippen molar-refractivity contribution in [2.75, 3.05) is 0 Å². The van der Waals surface area contributed by atoms with Crippen LogP contribution in [0, 0.1) is 27.4 Å². The average molecular weight is 493 g/mol. The van der Waals surface area contributed by atoms with Crippen molar-refractivity contribution >= 4 is 11.7 Å². The topological polar surface area (TPSA) is 123 Å². The van der Waals surface area contributed by atoms with Gasteiger partial charge in [-0.1, -0.05) is 31.2 Å². The lowest BCUT2D eigenvalue weighted by molar-refractivity contribution is -0.384. The lowest BCUT2D eigenvalue weighted by Crippen LogP contribution is -2.30. The number of phenolic OH excluding ortho intramolecular Hbond substituents is 1. The van der Waals surface area contributed by atoms with Gasteiger partial charge in [-0.15, -0.1) is 13.2 Å². The van der Waals surface area contributed by atoms with Gasteiger partial charge in [-0.05, 0) is 54.5 Å². The number of non-ortho nitro benzene ring substituents is 1. The highest BCUT2D eigenvalue weighted by Crippen LogP contribution is 2.27. The van der Waals surface area contributed by atoms with Crippen LogP contribution in [-0.2, 0) is 22.5 Å². The van der Waals surface area contributed by atoms with Crippen LogP contribution in [-0.4, -0.2) is 28.2 Å². The number of carbonyl (C=O) groups excluding carboxylic acids is 1. The molecule has 2 aromatic rings. The van der Waals surface area contributed by atoms with Crippen LogP contribution in [0.5, 0.6) is 5.75 Å². The van der Waals surface area contributed by atoms with Gasteiger partial charge >= 0.3 is 5.97 Å². The quantitative estimate of drug-likeness (QED) is 0.139. The molecular weight excluding hydrogens is 460 g/mol. The number of benzene rings is 2. The molecule has 0 aromatic heterocycles. The molecule has 0 aliphatic rings. The maximum atomic E-state index is 13.1. The van der Waals surface area contributed by atoms with Gasteiger partial charge in [-0.2, -0.15) is 5.26 Å². The fourth-order valence-electron chi connectivity index (χ4n) is 3.86. The molecule has 0 radical (unpaired) electrons. The zero-order valence-electron chi connectivity index (χ0n) is 20.5. The summed E-state index contributed by atoms with van der Waals surface area (Å²) in [5.74, 6) is -0.812. The number of nitro groups is 1. The first kappa shape index (κ1) is 28.3. The molecule has 0 fully saturated rings. The number of nitriles is 1. The van der Waals surface area contributed by atoms with Gasteiger partial charge < -0.3 is 14.6 Å². The molecule has 0 saturated carbocycles. The summed E-state index contributed by atoms with van der Waals surface area (Å²) in [6.45, 7) is 9.70. The second-order valence-corrected chi connectivity index (χ2v) is 8.54. The van der Waals surface area contributed by atoms with Gasteiger partial charge in [0.05, 0.1) is 23.7 Å². The molecule has 0 spiro atoms. The van der Waals surface area contributed by atoms with Crippen LogP contribution in [0.3, 0.4) is 0 Å². The summed E-state index contributed by atoms with van der Waals surface area (Å²) >= 11 is 0. The normalized spacial score (nSPS) is 13.1. The minimum absolute atomic E-state index is 0.00112. The molecule has 0 bridgehead atoms. The van der Waals surface area contributed by atoms with E-state index in [-0.39, 0.29) is 42.0 Å². The van der Waals surface area contributed by atoms with E-state index < -0.39 is 17.0 Å². The molecule has 3 atom stereocenters. The molecule has 0 aliphatic heterocycles. The van der Waals surface area contributed by atoms with Gasteiger partial charge in [-0.3, -0.25) is 10.1 Å². The molecule has 2 rings (SSSR count). The fourth-order valence-corrected chi connectivity index (χ4v) is 3.86. The Kier molecular flexibility index (Phi) is 11.3. The summed E-state index contributed by atoms with van der Waals surface area (Å²) in [4.78, 5) is 23.5. The highest BCUT2D eigenvalue weighted by atomic mass is 16.6. The van der Waals surface area contributed by atoms with Crippen molar-refractivity contribution in [1.29, 1.82) is 5.26 Å². The van der Waals surface area contributed by atoms with Crippen molar-refractivity contribution in [3.63, 3.8) is 0 Å². The average Bonchev–Trinajstić information content (AvgIpc) is 2.85. The molecule has 1 N–H and O–H groups in total. The number of aromatic hydroxyl groups is 1. The zero-order valence-corrected chi connectivity index (χ0v) is 20.5. The lowest BCUT2D eigenvalue weighted by atomic mass is 9.94. The number of allylic oxidation sites excluding steroid dienone is 2. The first-order valence-electron chi connectivity index (χ1n) is 11.8. The van der Waals surface area contributed by atoms with Crippen molar-refractivity contribution in [2.24, 2.45) is 5.92 Å². The molecule has 8 heteroatoms. The molecule has 36 heavy (non-hydrogen) atoms. The standard InChI is InChI=1S/C28H32N2O6/c1-4-8-20(3)26(35-19-21-13-15-23(16-14-21)30(33)34)18-24(11-7-17-29)36-28(32)27-22(9-5-2)10-6-12-25(27)31/h4-6,10,12-16,20,24,26,31H,1-2,7-9,11,18-19H2,3H3/t20-,24-,26+/m0/s1.